The number of β-amino-alcohol motifs (C(OH)–C–C–N with tert-alkyl or cyclic N) is 1. The van der Waals surface area contributed by atoms with Crippen molar-refractivity contribution in [2.75, 3.05) is 19.7 Å². The van der Waals surface area contributed by atoms with E-state index in [2.05, 4.69) is 25.7 Å². The molecule has 0 amide bonds. The third-order valence-corrected chi connectivity index (χ3v) is 4.38. The number of nitrogens with zero attached hydrogens (tertiary/aromatic N) is 2. The Morgan fingerprint density at radius 2 is 2.19 bits per heavy atom. The molecular weight excluding hydrogens is 220 g/mol. The van der Waals surface area contributed by atoms with Gasteiger partial charge in [-0.25, -0.2) is 4.98 Å². The smallest absolute Gasteiger partial charge is 0.0985 e. The van der Waals surface area contributed by atoms with E-state index in [4.69, 9.17) is 10.1 Å². The lowest BCUT2D eigenvalue weighted by Crippen LogP contribution is -2.32. The second-order valence-corrected chi connectivity index (χ2v) is 6.47. The van der Waals surface area contributed by atoms with E-state index in [1.54, 1.807) is 0 Å². The summed E-state index contributed by atoms with van der Waals surface area (Å²) in [6.07, 6.45) is 1.03. The molecule has 16 heavy (non-hydrogen) atoms. The van der Waals surface area contributed by atoms with Crippen LogP contribution in [0.5, 0.6) is 0 Å². The molecule has 1 aromatic rings. The minimum absolute atomic E-state index is 0.157. The molecule has 1 aliphatic rings. The standard InChI is InChI=1S/C12H20N2OS/c1-12(2,3)11-13-9-4-5-14(6-7-15)8-10(9)16-11/h15H,4-8H2,1-3H3. The Bertz CT molecular complexity index is 368. The molecule has 0 saturated carbocycles. The average Bonchev–Trinajstić information content (AvgIpc) is 2.60. The van der Waals surface area contributed by atoms with Gasteiger partial charge in [0, 0.05) is 36.3 Å². The van der Waals surface area contributed by atoms with Crippen LogP contribution in [0.2, 0.25) is 0 Å². The Balaban J connectivity index is 2.17. The molecule has 2 rings (SSSR count). The third-order valence-electron chi connectivity index (χ3n) is 2.87. The minimum atomic E-state index is 0.157. The fourth-order valence-corrected chi connectivity index (χ4v) is 3.11. The fourth-order valence-electron chi connectivity index (χ4n) is 1.90. The first-order valence-electron chi connectivity index (χ1n) is 5.83. The summed E-state index contributed by atoms with van der Waals surface area (Å²) in [5.74, 6) is 0. The lowest BCUT2D eigenvalue weighted by molar-refractivity contribution is 0.185. The maximum absolute atomic E-state index is 8.95. The number of rotatable bonds is 2. The van der Waals surface area contributed by atoms with Crippen molar-refractivity contribution >= 4 is 11.3 Å². The van der Waals surface area contributed by atoms with E-state index < -0.39 is 0 Å². The maximum atomic E-state index is 8.95. The number of thiazole rings is 1. The lowest BCUT2D eigenvalue weighted by Gasteiger charge is -2.24. The van der Waals surface area contributed by atoms with Gasteiger partial charge in [0.1, 0.15) is 0 Å². The summed E-state index contributed by atoms with van der Waals surface area (Å²) >= 11 is 1.84. The number of fused-ring (bicyclic) bond motifs is 1. The highest BCUT2D eigenvalue weighted by Gasteiger charge is 2.25. The molecule has 0 bridgehead atoms. The van der Waals surface area contributed by atoms with Crippen LogP contribution in [0.3, 0.4) is 0 Å². The molecule has 1 aromatic heterocycles. The van der Waals surface area contributed by atoms with Gasteiger partial charge in [-0.15, -0.1) is 11.3 Å². The van der Waals surface area contributed by atoms with Crippen LogP contribution in [0.15, 0.2) is 0 Å². The number of hydrogen-bond acceptors (Lipinski definition) is 4. The second-order valence-electron chi connectivity index (χ2n) is 5.39. The second kappa shape index (κ2) is 4.43. The summed E-state index contributed by atoms with van der Waals surface area (Å²) in [5.41, 5.74) is 1.44. The van der Waals surface area contributed by atoms with E-state index in [1.165, 1.54) is 15.6 Å². The van der Waals surface area contributed by atoms with Gasteiger partial charge in [0.25, 0.3) is 0 Å². The van der Waals surface area contributed by atoms with Crippen LogP contribution in [-0.4, -0.2) is 34.7 Å². The summed E-state index contributed by atoms with van der Waals surface area (Å²) in [6.45, 7) is 9.65. The van der Waals surface area contributed by atoms with Gasteiger partial charge in [0.05, 0.1) is 17.3 Å². The van der Waals surface area contributed by atoms with Gasteiger partial charge in [0.2, 0.25) is 0 Å². The van der Waals surface area contributed by atoms with Gasteiger partial charge >= 0.3 is 0 Å². The van der Waals surface area contributed by atoms with Crippen molar-refractivity contribution in [3.63, 3.8) is 0 Å². The SMILES string of the molecule is CC(C)(C)c1nc2c(s1)CN(CCO)CC2. The van der Waals surface area contributed by atoms with Crippen molar-refractivity contribution < 1.29 is 5.11 Å². The average molecular weight is 240 g/mol. The van der Waals surface area contributed by atoms with Crippen LogP contribution in [-0.2, 0) is 18.4 Å². The highest BCUT2D eigenvalue weighted by atomic mass is 32.1. The topological polar surface area (TPSA) is 36.4 Å². The predicted molar refractivity (Wildman–Crippen MR) is 66.9 cm³/mol. The molecular formula is C12H20N2OS. The van der Waals surface area contributed by atoms with Crippen LogP contribution in [0.4, 0.5) is 0 Å². The van der Waals surface area contributed by atoms with Crippen LogP contribution < -0.4 is 0 Å². The molecule has 0 aromatic carbocycles. The van der Waals surface area contributed by atoms with E-state index in [9.17, 15) is 0 Å². The summed E-state index contributed by atoms with van der Waals surface area (Å²) in [4.78, 5) is 8.44. The third kappa shape index (κ3) is 2.44. The zero-order valence-electron chi connectivity index (χ0n) is 10.3. The molecule has 0 saturated heterocycles. The normalized spacial score (nSPS) is 17.5. The quantitative estimate of drug-likeness (QED) is 0.856. The van der Waals surface area contributed by atoms with Crippen LogP contribution in [0.25, 0.3) is 0 Å². The molecule has 2 heterocycles. The van der Waals surface area contributed by atoms with Crippen LogP contribution in [0, 0.1) is 0 Å². The first kappa shape index (κ1) is 12.0. The van der Waals surface area contributed by atoms with E-state index in [0.29, 0.717) is 0 Å². The molecule has 4 heteroatoms. The summed E-state index contributed by atoms with van der Waals surface area (Å²) in [7, 11) is 0. The van der Waals surface area contributed by atoms with E-state index in [0.717, 1.165) is 26.1 Å². The Morgan fingerprint density at radius 1 is 1.44 bits per heavy atom. The van der Waals surface area contributed by atoms with Crippen molar-refractivity contribution in [3.05, 3.63) is 15.6 Å². The first-order valence-corrected chi connectivity index (χ1v) is 6.64. The largest absolute Gasteiger partial charge is 0.395 e. The fraction of sp³-hybridized carbons (Fsp3) is 0.750. The summed E-state index contributed by atoms with van der Waals surface area (Å²) < 4.78 is 0. The van der Waals surface area contributed by atoms with E-state index in [1.807, 2.05) is 11.3 Å². The van der Waals surface area contributed by atoms with Crippen molar-refractivity contribution in [2.45, 2.75) is 39.2 Å². The van der Waals surface area contributed by atoms with Crippen molar-refractivity contribution in [1.29, 1.82) is 0 Å². The van der Waals surface area contributed by atoms with Gasteiger partial charge < -0.3 is 5.11 Å². The molecule has 1 aliphatic heterocycles. The van der Waals surface area contributed by atoms with Crippen LogP contribution in [0.1, 0.15) is 36.3 Å². The van der Waals surface area contributed by atoms with Gasteiger partial charge in [-0.05, 0) is 0 Å². The van der Waals surface area contributed by atoms with Gasteiger partial charge in [-0.1, -0.05) is 20.8 Å². The van der Waals surface area contributed by atoms with Crippen molar-refractivity contribution in [3.8, 4) is 0 Å². The van der Waals surface area contributed by atoms with Crippen molar-refractivity contribution in [1.82, 2.24) is 9.88 Å². The van der Waals surface area contributed by atoms with Crippen LogP contribution >= 0.6 is 11.3 Å². The number of hydrogen-bond donors (Lipinski definition) is 1. The van der Waals surface area contributed by atoms with Gasteiger partial charge in [0.15, 0.2) is 0 Å². The predicted octanol–water partition coefficient (Wildman–Crippen LogP) is 1.79. The molecule has 0 fully saturated rings. The Kier molecular flexibility index (Phi) is 3.33. The zero-order chi connectivity index (χ0) is 11.8. The van der Waals surface area contributed by atoms with E-state index >= 15 is 0 Å². The molecule has 0 unspecified atom stereocenters. The van der Waals surface area contributed by atoms with Gasteiger partial charge in [-0.2, -0.15) is 0 Å². The number of aliphatic hydroxyl groups excluding tert-OH is 1. The molecule has 3 nitrogen and oxygen atoms in total. The molecule has 0 aliphatic carbocycles. The monoisotopic (exact) mass is 240 g/mol. The summed E-state index contributed by atoms with van der Waals surface area (Å²) in [5, 5.41) is 10.2. The Labute approximate surface area is 101 Å². The first-order chi connectivity index (χ1) is 7.50. The molecule has 90 valence electrons. The molecule has 0 spiro atoms. The Morgan fingerprint density at radius 3 is 2.81 bits per heavy atom. The number of aliphatic hydroxyl groups is 1. The highest BCUT2D eigenvalue weighted by Crippen LogP contribution is 2.32. The molecule has 0 atom stereocenters. The summed E-state index contributed by atoms with van der Waals surface area (Å²) in [6, 6.07) is 0. The molecule has 0 radical (unpaired) electrons. The maximum Gasteiger partial charge on any atom is 0.0985 e. The lowest BCUT2D eigenvalue weighted by atomic mass is 9.98. The Hall–Kier alpha value is -0.450. The highest BCUT2D eigenvalue weighted by molar-refractivity contribution is 7.11. The zero-order valence-corrected chi connectivity index (χ0v) is 11.1. The number of aromatic nitrogens is 1. The van der Waals surface area contributed by atoms with Crippen molar-refractivity contribution in [2.24, 2.45) is 0 Å². The van der Waals surface area contributed by atoms with Gasteiger partial charge in [-0.3, -0.25) is 4.90 Å². The minimum Gasteiger partial charge on any atom is -0.395 e. The van der Waals surface area contributed by atoms with E-state index in [-0.39, 0.29) is 12.0 Å². The molecule has 1 N–H and O–H groups in total.